The summed E-state index contributed by atoms with van der Waals surface area (Å²) in [5.74, 6) is -1.19. The van der Waals surface area contributed by atoms with Crippen LogP contribution >= 0.6 is 0 Å². The first kappa shape index (κ1) is 17.7. The molecule has 1 heterocycles. The van der Waals surface area contributed by atoms with Crippen LogP contribution in [0, 0.1) is 5.92 Å². The van der Waals surface area contributed by atoms with E-state index >= 15 is 0 Å². The summed E-state index contributed by atoms with van der Waals surface area (Å²) in [6.07, 6.45) is -4.32. The van der Waals surface area contributed by atoms with E-state index in [-0.39, 0.29) is 23.7 Å². The van der Waals surface area contributed by atoms with Gasteiger partial charge in [0.1, 0.15) is 0 Å². The molecule has 1 aliphatic heterocycles. The molecule has 0 amide bonds. The lowest BCUT2D eigenvalue weighted by molar-refractivity contribution is -0.228. The second-order valence-corrected chi connectivity index (χ2v) is 9.00. The Morgan fingerprint density at radius 2 is 1.71 bits per heavy atom. The van der Waals surface area contributed by atoms with Gasteiger partial charge in [0.15, 0.2) is 15.6 Å². The van der Waals surface area contributed by atoms with Crippen LogP contribution in [0.4, 0.5) is 13.2 Å². The average Bonchev–Trinajstić information content (AvgIpc) is 2.93. The molecule has 1 saturated carbocycles. The highest BCUT2D eigenvalue weighted by atomic mass is 32.2. The van der Waals surface area contributed by atoms with Gasteiger partial charge in [0.25, 0.3) is 0 Å². The Kier molecular flexibility index (Phi) is 4.01. The van der Waals surface area contributed by atoms with Crippen LogP contribution in [0.25, 0.3) is 0 Å². The van der Waals surface area contributed by atoms with E-state index in [9.17, 15) is 21.6 Å². The molecule has 0 N–H and O–H groups in total. The van der Waals surface area contributed by atoms with Crippen LogP contribution in [0.1, 0.15) is 32.3 Å². The molecular formula is C16H19F3O4S. The van der Waals surface area contributed by atoms with Gasteiger partial charge >= 0.3 is 6.18 Å². The highest BCUT2D eigenvalue weighted by Crippen LogP contribution is 2.56. The van der Waals surface area contributed by atoms with Crippen LogP contribution in [0.3, 0.4) is 0 Å². The van der Waals surface area contributed by atoms with Crippen molar-refractivity contribution in [3.63, 3.8) is 0 Å². The van der Waals surface area contributed by atoms with Crippen molar-refractivity contribution in [2.75, 3.05) is 13.2 Å². The topological polar surface area (TPSA) is 52.6 Å². The predicted octanol–water partition coefficient (Wildman–Crippen LogP) is 3.41. The molecule has 1 saturated heterocycles. The van der Waals surface area contributed by atoms with Crippen LogP contribution < -0.4 is 0 Å². The highest BCUT2D eigenvalue weighted by molar-refractivity contribution is 7.93. The Morgan fingerprint density at radius 1 is 1.12 bits per heavy atom. The second-order valence-electron chi connectivity index (χ2n) is 6.71. The molecule has 1 aromatic rings. The number of hydrogen-bond acceptors (Lipinski definition) is 4. The fourth-order valence-electron chi connectivity index (χ4n) is 3.54. The number of ether oxygens (including phenoxy) is 2. The maximum absolute atomic E-state index is 13.1. The predicted molar refractivity (Wildman–Crippen MR) is 80.1 cm³/mol. The third-order valence-electron chi connectivity index (χ3n) is 5.01. The van der Waals surface area contributed by atoms with Gasteiger partial charge in [0.05, 0.1) is 28.4 Å². The van der Waals surface area contributed by atoms with Gasteiger partial charge in [-0.25, -0.2) is 8.42 Å². The lowest BCUT2D eigenvalue weighted by Gasteiger charge is -2.53. The van der Waals surface area contributed by atoms with Crippen LogP contribution in [0.2, 0.25) is 0 Å². The maximum Gasteiger partial charge on any atom is 0.416 e. The van der Waals surface area contributed by atoms with E-state index in [1.807, 2.05) is 0 Å². The van der Waals surface area contributed by atoms with Crippen molar-refractivity contribution in [3.8, 4) is 0 Å². The van der Waals surface area contributed by atoms with Crippen molar-refractivity contribution in [2.24, 2.45) is 5.92 Å². The van der Waals surface area contributed by atoms with E-state index in [2.05, 4.69) is 0 Å². The van der Waals surface area contributed by atoms with Gasteiger partial charge in [0, 0.05) is 12.8 Å². The quantitative estimate of drug-likeness (QED) is 0.825. The number of alkyl halides is 3. The van der Waals surface area contributed by atoms with Gasteiger partial charge in [-0.1, -0.05) is 19.9 Å². The molecule has 0 bridgehead atoms. The van der Waals surface area contributed by atoms with Gasteiger partial charge in [0.2, 0.25) is 0 Å². The monoisotopic (exact) mass is 364 g/mol. The molecule has 0 atom stereocenters. The van der Waals surface area contributed by atoms with Crippen molar-refractivity contribution in [2.45, 2.75) is 48.3 Å². The summed E-state index contributed by atoms with van der Waals surface area (Å²) in [6.45, 7) is 4.31. The molecule has 0 unspecified atom stereocenters. The number of rotatable bonds is 3. The van der Waals surface area contributed by atoms with E-state index in [4.69, 9.17) is 9.47 Å². The molecule has 4 nitrogen and oxygen atoms in total. The molecule has 0 radical (unpaired) electrons. The minimum Gasteiger partial charge on any atom is -0.347 e. The zero-order valence-corrected chi connectivity index (χ0v) is 14.2. The highest BCUT2D eigenvalue weighted by Gasteiger charge is 2.66. The summed E-state index contributed by atoms with van der Waals surface area (Å²) in [7, 11) is -3.97. The first-order chi connectivity index (χ1) is 11.0. The van der Waals surface area contributed by atoms with Gasteiger partial charge in [-0.2, -0.15) is 13.2 Å². The molecule has 1 aliphatic carbocycles. The Hall–Kier alpha value is -1.12. The zero-order chi connectivity index (χ0) is 17.8. The van der Waals surface area contributed by atoms with Crippen molar-refractivity contribution in [3.05, 3.63) is 29.8 Å². The van der Waals surface area contributed by atoms with Crippen molar-refractivity contribution >= 4 is 9.84 Å². The molecule has 0 aromatic heterocycles. The summed E-state index contributed by atoms with van der Waals surface area (Å²) in [5, 5.41) is 0. The van der Waals surface area contributed by atoms with E-state index in [1.54, 1.807) is 13.8 Å². The largest absolute Gasteiger partial charge is 0.416 e. The Morgan fingerprint density at radius 3 is 2.21 bits per heavy atom. The summed E-state index contributed by atoms with van der Waals surface area (Å²) in [4.78, 5) is -0.307. The standard InChI is InChI=1S/C16H19F3O4S/c1-11(2)14(9-15(10-14)22-6-7-23-15)24(20,21)13-5-3-4-12(8-13)16(17,18)19/h3-5,8,11H,6-7,9-10H2,1-2H3. The zero-order valence-electron chi connectivity index (χ0n) is 13.4. The SMILES string of the molecule is CC(C)C1(S(=O)(=O)c2cccc(C(F)(F)F)c2)CC2(C1)OCCO2. The lowest BCUT2D eigenvalue weighted by Crippen LogP contribution is -2.63. The molecule has 24 heavy (non-hydrogen) atoms. The number of benzene rings is 1. The molecule has 2 aliphatic rings. The van der Waals surface area contributed by atoms with Crippen LogP contribution in [0.15, 0.2) is 29.2 Å². The molecule has 1 spiro atoms. The molecule has 2 fully saturated rings. The Labute approximate surface area is 138 Å². The smallest absolute Gasteiger partial charge is 0.347 e. The van der Waals surface area contributed by atoms with Crippen LogP contribution in [0.5, 0.6) is 0 Å². The van der Waals surface area contributed by atoms with Gasteiger partial charge in [-0.3, -0.25) is 0 Å². The number of halogens is 3. The molecule has 134 valence electrons. The van der Waals surface area contributed by atoms with Crippen molar-refractivity contribution in [1.29, 1.82) is 0 Å². The third kappa shape index (κ3) is 2.55. The number of hydrogen-bond donors (Lipinski definition) is 0. The molecule has 1 aromatic carbocycles. The second kappa shape index (κ2) is 5.44. The summed E-state index contributed by atoms with van der Waals surface area (Å²) in [5.41, 5.74) is -0.968. The third-order valence-corrected chi connectivity index (χ3v) is 7.71. The van der Waals surface area contributed by atoms with Gasteiger partial charge < -0.3 is 9.47 Å². The van der Waals surface area contributed by atoms with Gasteiger partial charge in [-0.15, -0.1) is 0 Å². The van der Waals surface area contributed by atoms with E-state index < -0.39 is 32.1 Å². The summed E-state index contributed by atoms with van der Waals surface area (Å²) < 4.78 is 74.8. The first-order valence-electron chi connectivity index (χ1n) is 7.72. The number of sulfone groups is 1. The van der Waals surface area contributed by atoms with Crippen LogP contribution in [-0.4, -0.2) is 32.2 Å². The van der Waals surface area contributed by atoms with E-state index in [0.29, 0.717) is 19.3 Å². The van der Waals surface area contributed by atoms with Crippen molar-refractivity contribution < 1.29 is 31.1 Å². The minimum absolute atomic E-state index is 0.135. The van der Waals surface area contributed by atoms with Crippen LogP contribution in [-0.2, 0) is 25.5 Å². The Balaban J connectivity index is 2.00. The Bertz CT molecular complexity index is 726. The maximum atomic E-state index is 13.1. The summed E-state index contributed by atoms with van der Waals surface area (Å²) >= 11 is 0. The fourth-order valence-corrected chi connectivity index (χ4v) is 5.99. The molecule has 8 heteroatoms. The summed E-state index contributed by atoms with van der Waals surface area (Å²) in [6, 6.07) is 3.92. The first-order valence-corrected chi connectivity index (χ1v) is 9.21. The molecule has 3 rings (SSSR count). The van der Waals surface area contributed by atoms with Gasteiger partial charge in [-0.05, 0) is 24.1 Å². The minimum atomic E-state index is -4.59. The van der Waals surface area contributed by atoms with E-state index in [0.717, 1.165) is 12.1 Å². The van der Waals surface area contributed by atoms with Crippen molar-refractivity contribution in [1.82, 2.24) is 0 Å². The fraction of sp³-hybridized carbons (Fsp3) is 0.625. The lowest BCUT2D eigenvalue weighted by atomic mass is 9.71. The average molecular weight is 364 g/mol. The normalized spacial score (nSPS) is 22.8. The van der Waals surface area contributed by atoms with E-state index in [1.165, 1.54) is 6.07 Å². The molecular weight excluding hydrogens is 345 g/mol.